The van der Waals surface area contributed by atoms with Crippen LogP contribution in [0, 0.1) is 0 Å². The van der Waals surface area contributed by atoms with Gasteiger partial charge in [0.25, 0.3) is 0 Å². The largest absolute Gasteiger partial charge is 0.375 e. The molecular weight excluding hydrogens is 182 g/mol. The fraction of sp³-hybridized carbons (Fsp3) is 0.600. The van der Waals surface area contributed by atoms with E-state index in [1.54, 1.807) is 11.3 Å². The molecule has 1 N–H and O–H groups in total. The minimum Gasteiger partial charge on any atom is -0.375 e. The van der Waals surface area contributed by atoms with Gasteiger partial charge in [-0.15, -0.1) is 11.3 Å². The van der Waals surface area contributed by atoms with Crippen LogP contribution in [0.25, 0.3) is 0 Å². The van der Waals surface area contributed by atoms with Crippen LogP contribution in [0.2, 0.25) is 0 Å². The summed E-state index contributed by atoms with van der Waals surface area (Å²) in [5, 5.41) is 5.38. The summed E-state index contributed by atoms with van der Waals surface area (Å²) in [5.74, 6) is 0. The Balaban J connectivity index is 1.96. The first-order valence-electron chi connectivity index (χ1n) is 4.62. The van der Waals surface area contributed by atoms with Gasteiger partial charge in [-0.25, -0.2) is 0 Å². The normalized spacial score (nSPS) is 11.0. The zero-order valence-electron chi connectivity index (χ0n) is 8.25. The van der Waals surface area contributed by atoms with Crippen molar-refractivity contribution >= 4 is 11.3 Å². The fourth-order valence-corrected chi connectivity index (χ4v) is 1.63. The van der Waals surface area contributed by atoms with Gasteiger partial charge in [0.15, 0.2) is 0 Å². The van der Waals surface area contributed by atoms with Gasteiger partial charge in [0.2, 0.25) is 0 Å². The van der Waals surface area contributed by atoms with E-state index in [4.69, 9.17) is 4.74 Å². The monoisotopic (exact) mass is 199 g/mol. The van der Waals surface area contributed by atoms with Crippen LogP contribution in [-0.4, -0.2) is 19.2 Å². The molecule has 1 heterocycles. The van der Waals surface area contributed by atoms with Crippen molar-refractivity contribution in [2.24, 2.45) is 0 Å². The Morgan fingerprint density at radius 3 is 3.00 bits per heavy atom. The van der Waals surface area contributed by atoms with E-state index in [1.807, 2.05) is 0 Å². The Bertz CT molecular complexity index is 209. The van der Waals surface area contributed by atoms with E-state index in [9.17, 15) is 0 Å². The summed E-state index contributed by atoms with van der Waals surface area (Å²) in [5.41, 5.74) is 0. The second-order valence-electron chi connectivity index (χ2n) is 3.24. The van der Waals surface area contributed by atoms with Gasteiger partial charge in [-0.2, -0.15) is 0 Å². The zero-order chi connectivity index (χ0) is 9.52. The number of hydrogen-bond donors (Lipinski definition) is 1. The molecule has 0 saturated carbocycles. The van der Waals surface area contributed by atoms with E-state index in [1.165, 1.54) is 4.88 Å². The lowest BCUT2D eigenvalue weighted by Gasteiger charge is -2.07. The van der Waals surface area contributed by atoms with Gasteiger partial charge in [-0.05, 0) is 11.4 Å². The molecule has 0 aliphatic heterocycles. The predicted octanol–water partition coefficient (Wildman–Crippen LogP) is 2.26. The molecule has 0 saturated heterocycles. The van der Waals surface area contributed by atoms with Crippen LogP contribution in [0.1, 0.15) is 18.7 Å². The molecule has 0 fully saturated rings. The van der Waals surface area contributed by atoms with E-state index in [0.717, 1.165) is 19.8 Å². The van der Waals surface area contributed by atoms with Crippen molar-refractivity contribution in [1.29, 1.82) is 0 Å². The molecule has 13 heavy (non-hydrogen) atoms. The lowest BCUT2D eigenvalue weighted by Crippen LogP contribution is -2.26. The SMILES string of the molecule is CC(C)NCCOCc1cccs1. The molecule has 1 aromatic heterocycles. The van der Waals surface area contributed by atoms with Crippen molar-refractivity contribution in [2.45, 2.75) is 26.5 Å². The third-order valence-corrected chi connectivity index (χ3v) is 2.47. The van der Waals surface area contributed by atoms with Gasteiger partial charge in [0.1, 0.15) is 0 Å². The van der Waals surface area contributed by atoms with Crippen molar-refractivity contribution in [1.82, 2.24) is 5.32 Å². The molecule has 0 radical (unpaired) electrons. The van der Waals surface area contributed by atoms with Gasteiger partial charge >= 0.3 is 0 Å². The van der Waals surface area contributed by atoms with Crippen LogP contribution in [0.5, 0.6) is 0 Å². The summed E-state index contributed by atoms with van der Waals surface area (Å²) in [7, 11) is 0. The molecule has 0 aliphatic rings. The highest BCUT2D eigenvalue weighted by atomic mass is 32.1. The molecule has 0 aliphatic carbocycles. The summed E-state index contributed by atoms with van der Waals surface area (Å²) in [6.45, 7) is 6.75. The maximum absolute atomic E-state index is 5.48. The van der Waals surface area contributed by atoms with Crippen molar-refractivity contribution in [3.05, 3.63) is 22.4 Å². The van der Waals surface area contributed by atoms with Crippen LogP contribution in [0.15, 0.2) is 17.5 Å². The molecule has 2 nitrogen and oxygen atoms in total. The quantitative estimate of drug-likeness (QED) is 0.710. The van der Waals surface area contributed by atoms with Gasteiger partial charge in [0, 0.05) is 17.5 Å². The van der Waals surface area contributed by atoms with E-state index in [-0.39, 0.29) is 0 Å². The molecule has 74 valence electrons. The number of hydrogen-bond acceptors (Lipinski definition) is 3. The molecule has 0 bridgehead atoms. The molecule has 0 unspecified atom stereocenters. The Labute approximate surface area is 83.9 Å². The maximum atomic E-state index is 5.48. The van der Waals surface area contributed by atoms with E-state index < -0.39 is 0 Å². The Hall–Kier alpha value is -0.380. The van der Waals surface area contributed by atoms with Gasteiger partial charge < -0.3 is 10.1 Å². The Morgan fingerprint density at radius 2 is 2.38 bits per heavy atom. The average Bonchev–Trinajstić information content (AvgIpc) is 2.55. The molecule has 3 heteroatoms. The van der Waals surface area contributed by atoms with Gasteiger partial charge in [-0.1, -0.05) is 19.9 Å². The second-order valence-corrected chi connectivity index (χ2v) is 4.27. The first-order valence-corrected chi connectivity index (χ1v) is 5.50. The van der Waals surface area contributed by atoms with Crippen LogP contribution < -0.4 is 5.32 Å². The highest BCUT2D eigenvalue weighted by Crippen LogP contribution is 2.08. The molecule has 0 amide bonds. The lowest BCUT2D eigenvalue weighted by molar-refractivity contribution is 0.123. The predicted molar refractivity (Wildman–Crippen MR) is 57.1 cm³/mol. The summed E-state index contributed by atoms with van der Waals surface area (Å²) < 4.78 is 5.48. The zero-order valence-corrected chi connectivity index (χ0v) is 9.06. The Morgan fingerprint density at radius 1 is 1.54 bits per heavy atom. The summed E-state index contributed by atoms with van der Waals surface area (Å²) in [4.78, 5) is 1.30. The topological polar surface area (TPSA) is 21.3 Å². The average molecular weight is 199 g/mol. The van der Waals surface area contributed by atoms with Crippen LogP contribution in [0.3, 0.4) is 0 Å². The highest BCUT2D eigenvalue weighted by molar-refractivity contribution is 7.09. The van der Waals surface area contributed by atoms with Crippen molar-refractivity contribution in [2.75, 3.05) is 13.2 Å². The third-order valence-electron chi connectivity index (χ3n) is 1.62. The van der Waals surface area contributed by atoms with Crippen molar-refractivity contribution in [3.63, 3.8) is 0 Å². The van der Waals surface area contributed by atoms with Crippen molar-refractivity contribution in [3.8, 4) is 0 Å². The number of rotatable bonds is 6. The van der Waals surface area contributed by atoms with Crippen molar-refractivity contribution < 1.29 is 4.74 Å². The van der Waals surface area contributed by atoms with Gasteiger partial charge in [-0.3, -0.25) is 0 Å². The minimum atomic E-state index is 0.547. The van der Waals surface area contributed by atoms with E-state index in [2.05, 4.69) is 36.7 Å². The lowest BCUT2D eigenvalue weighted by atomic mass is 10.4. The molecule has 1 aromatic rings. The smallest absolute Gasteiger partial charge is 0.0809 e. The van der Waals surface area contributed by atoms with Crippen LogP contribution in [0.4, 0.5) is 0 Å². The summed E-state index contributed by atoms with van der Waals surface area (Å²) in [6, 6.07) is 4.70. The second kappa shape index (κ2) is 6.13. The van der Waals surface area contributed by atoms with Crippen LogP contribution >= 0.6 is 11.3 Å². The highest BCUT2D eigenvalue weighted by Gasteiger charge is 1.94. The fourth-order valence-electron chi connectivity index (χ4n) is 0.987. The summed E-state index contributed by atoms with van der Waals surface area (Å²) in [6.07, 6.45) is 0. The molecular formula is C10H17NOS. The number of ether oxygens (including phenoxy) is 1. The first-order chi connectivity index (χ1) is 6.29. The molecule has 0 atom stereocenters. The van der Waals surface area contributed by atoms with Crippen LogP contribution in [-0.2, 0) is 11.3 Å². The molecule has 0 aromatic carbocycles. The van der Waals surface area contributed by atoms with E-state index >= 15 is 0 Å². The maximum Gasteiger partial charge on any atom is 0.0809 e. The molecule has 1 rings (SSSR count). The van der Waals surface area contributed by atoms with E-state index in [0.29, 0.717) is 6.04 Å². The van der Waals surface area contributed by atoms with Gasteiger partial charge in [0.05, 0.1) is 13.2 Å². The standard InChI is InChI=1S/C10H17NOS/c1-9(2)11-5-6-12-8-10-4-3-7-13-10/h3-4,7,9,11H,5-6,8H2,1-2H3. The number of thiophene rings is 1. The number of nitrogens with one attached hydrogen (secondary N) is 1. The summed E-state index contributed by atoms with van der Waals surface area (Å²) >= 11 is 1.74. The third kappa shape index (κ3) is 5.03. The first kappa shape index (κ1) is 10.7. The minimum absolute atomic E-state index is 0.547. The molecule has 0 spiro atoms. The Kier molecular flexibility index (Phi) is 5.05.